The van der Waals surface area contributed by atoms with Gasteiger partial charge in [0.1, 0.15) is 17.1 Å². The molecule has 1 N–H and O–H groups in total. The lowest BCUT2D eigenvalue weighted by Gasteiger charge is -2.06. The molecule has 128 valence electrons. The number of aromatic nitrogens is 2. The molecule has 0 saturated heterocycles. The van der Waals surface area contributed by atoms with E-state index in [1.807, 2.05) is 19.9 Å². The summed E-state index contributed by atoms with van der Waals surface area (Å²) in [7, 11) is 1.50. The van der Waals surface area contributed by atoms with Gasteiger partial charge in [-0.2, -0.15) is 0 Å². The van der Waals surface area contributed by atoms with Crippen LogP contribution < -0.4 is 4.74 Å². The summed E-state index contributed by atoms with van der Waals surface area (Å²) >= 11 is 6.08. The average molecular weight is 359 g/mol. The maximum Gasteiger partial charge on any atom is 0.358 e. The number of hydrogen-bond donors (Lipinski definition) is 1. The molecule has 3 aromatic rings. The van der Waals surface area contributed by atoms with Crippen LogP contribution >= 0.6 is 11.6 Å². The number of benzene rings is 1. The largest absolute Gasteiger partial charge is 0.494 e. The first-order chi connectivity index (χ1) is 11.9. The Balaban J connectivity index is 2.14. The normalized spacial score (nSPS) is 11.4. The minimum absolute atomic E-state index is 0.136. The molecular weight excluding hydrogens is 344 g/mol. The number of aromatic carboxylic acids is 1. The van der Waals surface area contributed by atoms with Gasteiger partial charge in [-0.3, -0.25) is 4.40 Å². The first-order valence-corrected chi connectivity index (χ1v) is 7.76. The Labute approximate surface area is 148 Å². The number of azo groups is 1. The number of hydrogen-bond acceptors (Lipinski definition) is 5. The molecule has 0 aliphatic carbocycles. The van der Waals surface area contributed by atoms with Crippen molar-refractivity contribution in [3.63, 3.8) is 0 Å². The van der Waals surface area contributed by atoms with Gasteiger partial charge in [0.15, 0.2) is 11.5 Å². The van der Waals surface area contributed by atoms with E-state index in [2.05, 4.69) is 15.2 Å². The molecule has 0 unspecified atom stereocenters. The molecule has 0 radical (unpaired) electrons. The second-order valence-electron chi connectivity index (χ2n) is 5.49. The number of aryl methyl sites for hydroxylation is 2. The summed E-state index contributed by atoms with van der Waals surface area (Å²) in [5.74, 6) is -0.590. The van der Waals surface area contributed by atoms with Gasteiger partial charge in [-0.1, -0.05) is 11.6 Å². The Kier molecular flexibility index (Phi) is 4.41. The predicted octanol–water partition coefficient (Wildman–Crippen LogP) is 4.73. The number of rotatable bonds is 4. The van der Waals surface area contributed by atoms with Crippen molar-refractivity contribution in [2.45, 2.75) is 13.8 Å². The van der Waals surface area contributed by atoms with Crippen LogP contribution in [0.5, 0.6) is 5.75 Å². The first kappa shape index (κ1) is 16.9. The third kappa shape index (κ3) is 3.18. The molecule has 0 fully saturated rings. The van der Waals surface area contributed by atoms with E-state index in [0.29, 0.717) is 22.1 Å². The van der Waals surface area contributed by atoms with Gasteiger partial charge in [-0.25, -0.2) is 9.78 Å². The fraction of sp³-hybridized carbons (Fsp3) is 0.176. The van der Waals surface area contributed by atoms with Crippen LogP contribution in [0.3, 0.4) is 0 Å². The Morgan fingerprint density at radius 2 is 2.04 bits per heavy atom. The van der Waals surface area contributed by atoms with Crippen molar-refractivity contribution in [2.24, 2.45) is 10.2 Å². The quantitative estimate of drug-likeness (QED) is 0.683. The minimum atomic E-state index is -1.17. The fourth-order valence-electron chi connectivity index (χ4n) is 2.36. The third-order valence-corrected chi connectivity index (χ3v) is 4.08. The van der Waals surface area contributed by atoms with Crippen LogP contribution in [-0.2, 0) is 0 Å². The summed E-state index contributed by atoms with van der Waals surface area (Å²) in [6, 6.07) is 6.98. The predicted molar refractivity (Wildman–Crippen MR) is 93.8 cm³/mol. The molecule has 0 amide bonds. The van der Waals surface area contributed by atoms with Crippen molar-refractivity contribution in [2.75, 3.05) is 7.11 Å². The molecule has 8 heteroatoms. The topological polar surface area (TPSA) is 88.5 Å². The van der Waals surface area contributed by atoms with Gasteiger partial charge in [0.2, 0.25) is 0 Å². The minimum Gasteiger partial charge on any atom is -0.494 e. The molecule has 1 aromatic carbocycles. The van der Waals surface area contributed by atoms with Crippen LogP contribution in [0.15, 0.2) is 40.7 Å². The number of carbonyl (C=O) groups is 1. The van der Waals surface area contributed by atoms with Crippen LogP contribution in [0.2, 0.25) is 5.02 Å². The zero-order chi connectivity index (χ0) is 18.1. The lowest BCUT2D eigenvalue weighted by atomic mass is 10.2. The number of ether oxygens (including phenoxy) is 1. The van der Waals surface area contributed by atoms with E-state index < -0.39 is 5.97 Å². The lowest BCUT2D eigenvalue weighted by Crippen LogP contribution is -1.96. The van der Waals surface area contributed by atoms with Crippen LogP contribution in [0, 0.1) is 13.8 Å². The number of nitrogens with zero attached hydrogens (tertiary/aromatic N) is 4. The molecule has 0 bridgehead atoms. The molecule has 25 heavy (non-hydrogen) atoms. The lowest BCUT2D eigenvalue weighted by molar-refractivity contribution is 0.0692. The standard InChI is InChI=1S/C17H15ClN4O3/c1-9-4-5-22-14(6-9)19-15(17(23)24)16(22)21-20-12-7-10(2)11(18)8-13(12)25-3/h4-8H,1-3H3,(H,23,24). The SMILES string of the molecule is COc1cc(Cl)c(C)cc1N=Nc1c(C(=O)O)nc2cc(C)ccn12. The number of pyridine rings is 1. The van der Waals surface area contributed by atoms with Gasteiger partial charge in [0.05, 0.1) is 7.11 Å². The number of methoxy groups -OCH3 is 1. The summed E-state index contributed by atoms with van der Waals surface area (Å²) in [6.45, 7) is 3.73. The summed E-state index contributed by atoms with van der Waals surface area (Å²) in [5.41, 5.74) is 2.55. The number of fused-ring (bicyclic) bond motifs is 1. The Morgan fingerprint density at radius 3 is 2.72 bits per heavy atom. The Hall–Kier alpha value is -2.93. The molecule has 0 aliphatic heterocycles. The van der Waals surface area contributed by atoms with Crippen molar-refractivity contribution < 1.29 is 14.6 Å². The number of imidazole rings is 1. The summed E-state index contributed by atoms with van der Waals surface area (Å²) < 4.78 is 6.83. The van der Waals surface area contributed by atoms with Crippen molar-refractivity contribution in [1.29, 1.82) is 0 Å². The second kappa shape index (κ2) is 6.52. The van der Waals surface area contributed by atoms with E-state index in [9.17, 15) is 9.90 Å². The van der Waals surface area contributed by atoms with Crippen molar-refractivity contribution in [3.8, 4) is 5.75 Å². The highest BCUT2D eigenvalue weighted by atomic mass is 35.5. The molecule has 0 saturated carbocycles. The zero-order valence-corrected chi connectivity index (χ0v) is 14.6. The summed E-state index contributed by atoms with van der Waals surface area (Å²) in [6.07, 6.45) is 1.71. The van der Waals surface area contributed by atoms with Crippen LogP contribution in [0.25, 0.3) is 5.65 Å². The highest BCUT2D eigenvalue weighted by Crippen LogP contribution is 2.34. The Morgan fingerprint density at radius 1 is 1.28 bits per heavy atom. The van der Waals surface area contributed by atoms with Crippen molar-refractivity contribution in [3.05, 3.63) is 52.3 Å². The molecule has 0 atom stereocenters. The second-order valence-corrected chi connectivity index (χ2v) is 5.90. The van der Waals surface area contributed by atoms with E-state index >= 15 is 0 Å². The van der Waals surface area contributed by atoms with Gasteiger partial charge < -0.3 is 9.84 Å². The van der Waals surface area contributed by atoms with Crippen LogP contribution in [0.4, 0.5) is 11.5 Å². The van der Waals surface area contributed by atoms with Crippen LogP contribution in [-0.4, -0.2) is 27.6 Å². The monoisotopic (exact) mass is 358 g/mol. The van der Waals surface area contributed by atoms with Crippen LogP contribution in [0.1, 0.15) is 21.6 Å². The molecular formula is C17H15ClN4O3. The molecule has 3 rings (SSSR count). The first-order valence-electron chi connectivity index (χ1n) is 7.38. The fourth-order valence-corrected chi connectivity index (χ4v) is 2.52. The van der Waals surface area contributed by atoms with E-state index in [0.717, 1.165) is 11.1 Å². The van der Waals surface area contributed by atoms with Gasteiger partial charge in [0, 0.05) is 17.3 Å². The average Bonchev–Trinajstić information content (AvgIpc) is 2.93. The highest BCUT2D eigenvalue weighted by molar-refractivity contribution is 6.31. The van der Waals surface area contributed by atoms with E-state index in [4.69, 9.17) is 16.3 Å². The third-order valence-electron chi connectivity index (χ3n) is 3.67. The molecule has 2 aromatic heterocycles. The molecule has 0 spiro atoms. The van der Waals surface area contributed by atoms with Crippen molar-refractivity contribution in [1.82, 2.24) is 9.38 Å². The highest BCUT2D eigenvalue weighted by Gasteiger charge is 2.18. The van der Waals surface area contributed by atoms with Crippen molar-refractivity contribution >= 4 is 34.7 Å². The van der Waals surface area contributed by atoms with E-state index in [1.54, 1.807) is 28.8 Å². The Bertz CT molecular complexity index is 1010. The maximum absolute atomic E-state index is 11.5. The molecule has 0 aliphatic rings. The van der Waals surface area contributed by atoms with Gasteiger partial charge >= 0.3 is 5.97 Å². The van der Waals surface area contributed by atoms with E-state index in [1.165, 1.54) is 7.11 Å². The molecule has 2 heterocycles. The summed E-state index contributed by atoms with van der Waals surface area (Å²) in [5, 5.41) is 18.2. The van der Waals surface area contributed by atoms with E-state index in [-0.39, 0.29) is 11.5 Å². The van der Waals surface area contributed by atoms with Gasteiger partial charge in [0.25, 0.3) is 0 Å². The number of halogens is 1. The zero-order valence-electron chi connectivity index (χ0n) is 13.8. The summed E-state index contributed by atoms with van der Waals surface area (Å²) in [4.78, 5) is 15.6. The maximum atomic E-state index is 11.5. The molecule has 7 nitrogen and oxygen atoms in total. The number of carboxylic acids is 1. The number of carboxylic acid groups (broad SMARTS) is 1. The van der Waals surface area contributed by atoms with Gasteiger partial charge in [-0.05, 0) is 43.2 Å². The smallest absolute Gasteiger partial charge is 0.358 e. The van der Waals surface area contributed by atoms with Gasteiger partial charge in [-0.15, -0.1) is 10.2 Å².